The van der Waals surface area contributed by atoms with E-state index in [1.165, 1.54) is 0 Å². The van der Waals surface area contributed by atoms with Crippen molar-refractivity contribution in [2.24, 2.45) is 0 Å². The quantitative estimate of drug-likeness (QED) is 0.800. The predicted molar refractivity (Wildman–Crippen MR) is 84.9 cm³/mol. The van der Waals surface area contributed by atoms with Crippen LogP contribution in [-0.4, -0.2) is 33.4 Å². The van der Waals surface area contributed by atoms with Crippen LogP contribution < -0.4 is 9.47 Å². The number of ether oxygens (including phenoxy) is 2. The third-order valence-electron chi connectivity index (χ3n) is 3.52. The average molecular weight is 329 g/mol. The maximum Gasteiger partial charge on any atom is 0.182 e. The summed E-state index contributed by atoms with van der Waals surface area (Å²) in [6.45, 7) is 1.08. The number of fused-ring (bicyclic) bond motifs is 1. The number of hydrogen-bond donors (Lipinski definition) is 1. The van der Waals surface area contributed by atoms with Crippen molar-refractivity contribution in [3.63, 3.8) is 0 Å². The highest BCUT2D eigenvalue weighted by molar-refractivity contribution is 6.31. The van der Waals surface area contributed by atoms with Gasteiger partial charge in [-0.25, -0.2) is 4.98 Å². The zero-order chi connectivity index (χ0) is 15.6. The Bertz CT molecular complexity index is 835. The first-order valence-electron chi connectivity index (χ1n) is 7.19. The number of aromatic amines is 1. The van der Waals surface area contributed by atoms with Gasteiger partial charge in [0, 0.05) is 35.5 Å². The van der Waals surface area contributed by atoms with Crippen LogP contribution in [0, 0.1) is 0 Å². The fourth-order valence-electron chi connectivity index (χ4n) is 2.42. The van der Waals surface area contributed by atoms with Crippen LogP contribution in [0.25, 0.3) is 11.4 Å². The second-order valence-electron chi connectivity index (χ2n) is 5.11. The van der Waals surface area contributed by atoms with Crippen LogP contribution in [-0.2, 0) is 6.42 Å². The molecule has 2 aromatic heterocycles. The van der Waals surface area contributed by atoms with Gasteiger partial charge in [-0.05, 0) is 23.8 Å². The topological polar surface area (TPSA) is 72.9 Å². The van der Waals surface area contributed by atoms with Crippen LogP contribution >= 0.6 is 11.6 Å². The Hall–Kier alpha value is -2.60. The molecule has 0 saturated carbocycles. The largest absolute Gasteiger partial charge is 0.486 e. The molecule has 0 fully saturated rings. The number of pyridine rings is 1. The van der Waals surface area contributed by atoms with Crippen LogP contribution in [0.15, 0.2) is 36.7 Å². The Balaban J connectivity index is 1.60. The van der Waals surface area contributed by atoms with Crippen molar-refractivity contribution in [3.8, 4) is 22.9 Å². The molecule has 3 aromatic rings. The van der Waals surface area contributed by atoms with Gasteiger partial charge in [0.05, 0.1) is 0 Å². The summed E-state index contributed by atoms with van der Waals surface area (Å²) >= 11 is 6.33. The Kier molecular flexibility index (Phi) is 3.59. The molecular formula is C16H13ClN4O2. The van der Waals surface area contributed by atoms with Gasteiger partial charge in [0.25, 0.3) is 0 Å². The molecule has 1 aliphatic heterocycles. The number of rotatable bonds is 3. The lowest BCUT2D eigenvalue weighted by atomic mass is 10.1. The van der Waals surface area contributed by atoms with E-state index in [1.807, 2.05) is 18.2 Å². The molecule has 116 valence electrons. The normalized spacial score (nSPS) is 13.1. The second kappa shape index (κ2) is 5.89. The van der Waals surface area contributed by atoms with Gasteiger partial charge < -0.3 is 9.47 Å². The smallest absolute Gasteiger partial charge is 0.182 e. The van der Waals surface area contributed by atoms with E-state index in [0.717, 1.165) is 17.0 Å². The van der Waals surface area contributed by atoms with Gasteiger partial charge in [-0.3, -0.25) is 10.1 Å². The minimum absolute atomic E-state index is 0.530. The minimum atomic E-state index is 0.530. The Labute approximate surface area is 137 Å². The summed E-state index contributed by atoms with van der Waals surface area (Å²) in [5.41, 5.74) is 1.77. The first kappa shape index (κ1) is 14.0. The maximum absolute atomic E-state index is 6.33. The van der Waals surface area contributed by atoms with E-state index >= 15 is 0 Å². The summed E-state index contributed by atoms with van der Waals surface area (Å²) < 4.78 is 11.1. The molecule has 4 rings (SSSR count). The molecule has 0 radical (unpaired) electrons. The SMILES string of the molecule is Clc1cc2c(cc1Cc1nc(-c3cccnc3)n[nH]1)OCCO2. The van der Waals surface area contributed by atoms with Crippen molar-refractivity contribution in [1.82, 2.24) is 20.2 Å². The number of hydrogen-bond acceptors (Lipinski definition) is 5. The summed E-state index contributed by atoms with van der Waals surface area (Å²) in [5, 5.41) is 7.78. The van der Waals surface area contributed by atoms with E-state index < -0.39 is 0 Å². The van der Waals surface area contributed by atoms with Gasteiger partial charge in [-0.1, -0.05) is 11.6 Å². The number of H-pyrrole nitrogens is 1. The lowest BCUT2D eigenvalue weighted by Crippen LogP contribution is -2.15. The number of nitrogens with zero attached hydrogens (tertiary/aromatic N) is 3. The van der Waals surface area contributed by atoms with Gasteiger partial charge in [0.15, 0.2) is 17.3 Å². The summed E-state index contributed by atoms with van der Waals surface area (Å²) in [7, 11) is 0. The predicted octanol–water partition coefficient (Wildman–Crippen LogP) is 2.88. The number of aromatic nitrogens is 4. The molecule has 7 heteroatoms. The summed E-state index contributed by atoms with van der Waals surface area (Å²) in [6.07, 6.45) is 3.97. The molecule has 1 N–H and O–H groups in total. The fraction of sp³-hybridized carbons (Fsp3) is 0.188. The molecule has 0 bridgehead atoms. The van der Waals surface area contributed by atoms with Crippen molar-refractivity contribution >= 4 is 11.6 Å². The zero-order valence-corrected chi connectivity index (χ0v) is 12.9. The highest BCUT2D eigenvalue weighted by atomic mass is 35.5. The van der Waals surface area contributed by atoms with Crippen LogP contribution in [0.1, 0.15) is 11.4 Å². The molecule has 0 spiro atoms. The van der Waals surface area contributed by atoms with Gasteiger partial charge in [0.2, 0.25) is 0 Å². The van der Waals surface area contributed by atoms with E-state index in [0.29, 0.717) is 42.0 Å². The van der Waals surface area contributed by atoms with Gasteiger partial charge in [-0.15, -0.1) is 0 Å². The highest BCUT2D eigenvalue weighted by Gasteiger charge is 2.16. The number of benzene rings is 1. The van der Waals surface area contributed by atoms with Gasteiger partial charge in [-0.2, -0.15) is 5.10 Å². The lowest BCUT2D eigenvalue weighted by Gasteiger charge is -2.19. The summed E-state index contributed by atoms with van der Waals surface area (Å²) in [6, 6.07) is 7.44. The number of halogens is 1. The molecule has 0 saturated heterocycles. The van der Waals surface area contributed by atoms with E-state index in [9.17, 15) is 0 Å². The van der Waals surface area contributed by atoms with Crippen LogP contribution in [0.3, 0.4) is 0 Å². The van der Waals surface area contributed by atoms with Crippen LogP contribution in [0.4, 0.5) is 0 Å². The Morgan fingerprint density at radius 1 is 1.17 bits per heavy atom. The van der Waals surface area contributed by atoms with Crippen molar-refractivity contribution < 1.29 is 9.47 Å². The Morgan fingerprint density at radius 3 is 2.78 bits per heavy atom. The average Bonchev–Trinajstić information content (AvgIpc) is 3.05. The summed E-state index contributed by atoms with van der Waals surface area (Å²) in [5.74, 6) is 2.73. The molecular weight excluding hydrogens is 316 g/mol. The first-order chi connectivity index (χ1) is 11.3. The van der Waals surface area contributed by atoms with Gasteiger partial charge >= 0.3 is 0 Å². The van der Waals surface area contributed by atoms with E-state index in [4.69, 9.17) is 21.1 Å². The molecule has 0 aliphatic carbocycles. The minimum Gasteiger partial charge on any atom is -0.486 e. The van der Waals surface area contributed by atoms with E-state index in [-0.39, 0.29) is 0 Å². The van der Waals surface area contributed by atoms with Crippen molar-refractivity contribution in [2.45, 2.75) is 6.42 Å². The van der Waals surface area contributed by atoms with Crippen molar-refractivity contribution in [1.29, 1.82) is 0 Å². The van der Waals surface area contributed by atoms with Crippen molar-refractivity contribution in [2.75, 3.05) is 13.2 Å². The van der Waals surface area contributed by atoms with Gasteiger partial charge in [0.1, 0.15) is 19.0 Å². The third kappa shape index (κ3) is 2.85. The molecule has 1 aliphatic rings. The summed E-state index contributed by atoms with van der Waals surface area (Å²) in [4.78, 5) is 8.56. The monoisotopic (exact) mass is 328 g/mol. The molecule has 6 nitrogen and oxygen atoms in total. The van der Waals surface area contributed by atoms with Crippen LogP contribution in [0.2, 0.25) is 5.02 Å². The number of nitrogens with one attached hydrogen (secondary N) is 1. The van der Waals surface area contributed by atoms with Crippen molar-refractivity contribution in [3.05, 3.63) is 53.1 Å². The molecule has 1 aromatic carbocycles. The molecule has 0 atom stereocenters. The standard InChI is InChI=1S/C16H13ClN4O2/c17-12-8-14-13(22-4-5-23-14)6-11(12)7-15-19-16(21-20-15)10-2-1-3-18-9-10/h1-3,6,8-9H,4-5,7H2,(H,19,20,21). The van der Waals surface area contributed by atoms with Crippen LogP contribution in [0.5, 0.6) is 11.5 Å². The van der Waals surface area contributed by atoms with E-state index in [2.05, 4.69) is 20.2 Å². The molecule has 0 unspecified atom stereocenters. The lowest BCUT2D eigenvalue weighted by molar-refractivity contribution is 0.171. The zero-order valence-electron chi connectivity index (χ0n) is 12.1. The molecule has 23 heavy (non-hydrogen) atoms. The second-order valence-corrected chi connectivity index (χ2v) is 5.52. The maximum atomic E-state index is 6.33. The third-order valence-corrected chi connectivity index (χ3v) is 3.87. The van der Waals surface area contributed by atoms with E-state index in [1.54, 1.807) is 18.5 Å². The molecule has 0 amide bonds. The first-order valence-corrected chi connectivity index (χ1v) is 7.57. The highest BCUT2D eigenvalue weighted by Crippen LogP contribution is 2.36. The fourth-order valence-corrected chi connectivity index (χ4v) is 2.64. The molecule has 3 heterocycles. The Morgan fingerprint density at radius 2 is 2.00 bits per heavy atom.